The van der Waals surface area contributed by atoms with E-state index in [1.165, 1.54) is 17.5 Å². The zero-order valence-corrected chi connectivity index (χ0v) is 10.8. The van der Waals surface area contributed by atoms with Crippen LogP contribution in [-0.2, 0) is 6.54 Å². The van der Waals surface area contributed by atoms with Gasteiger partial charge in [-0.1, -0.05) is 0 Å². The fraction of sp³-hybridized carbons (Fsp3) is 0.583. The lowest BCUT2D eigenvalue weighted by molar-refractivity contribution is 0.248. The Morgan fingerprint density at radius 1 is 1.56 bits per heavy atom. The molecule has 2 rings (SSSR count). The van der Waals surface area contributed by atoms with E-state index in [-0.39, 0.29) is 12.4 Å². The van der Waals surface area contributed by atoms with Crippen molar-refractivity contribution in [1.82, 2.24) is 15.2 Å². The molecule has 1 aliphatic heterocycles. The molecule has 0 aliphatic carbocycles. The Kier molecular flexibility index (Phi) is 5.19. The first-order chi connectivity index (χ1) is 7.27. The maximum absolute atomic E-state index is 4.18. The molecule has 0 amide bonds. The number of likely N-dealkylation sites (N-methyl/N-ethyl adjacent to an activating group) is 1. The van der Waals surface area contributed by atoms with Crippen molar-refractivity contribution >= 4 is 12.4 Å². The molecule has 1 saturated heterocycles. The highest BCUT2D eigenvalue weighted by Gasteiger charge is 2.19. The summed E-state index contributed by atoms with van der Waals surface area (Å²) >= 11 is 0. The van der Waals surface area contributed by atoms with Crippen LogP contribution in [0.5, 0.6) is 0 Å². The predicted octanol–water partition coefficient (Wildman–Crippen LogP) is 1.61. The summed E-state index contributed by atoms with van der Waals surface area (Å²) in [6, 6.07) is 2.76. The normalized spacial score (nSPS) is 19.8. The monoisotopic (exact) mass is 241 g/mol. The minimum Gasteiger partial charge on any atom is -0.315 e. The molecule has 0 spiro atoms. The molecule has 0 bridgehead atoms. The Hall–Kier alpha value is -0.640. The minimum atomic E-state index is 0. The zero-order chi connectivity index (χ0) is 10.7. The quantitative estimate of drug-likeness (QED) is 0.872. The van der Waals surface area contributed by atoms with Crippen LogP contribution in [-0.4, -0.2) is 36.1 Å². The van der Waals surface area contributed by atoms with Crippen LogP contribution in [0.2, 0.25) is 0 Å². The first-order valence-corrected chi connectivity index (χ1v) is 5.58. The molecule has 1 unspecified atom stereocenters. The van der Waals surface area contributed by atoms with Crippen LogP contribution < -0.4 is 5.32 Å². The summed E-state index contributed by atoms with van der Waals surface area (Å²) in [4.78, 5) is 6.60. The molecule has 1 aromatic rings. The van der Waals surface area contributed by atoms with Crippen LogP contribution in [0, 0.1) is 6.92 Å². The molecule has 1 atom stereocenters. The van der Waals surface area contributed by atoms with Crippen molar-refractivity contribution in [3.8, 4) is 0 Å². The molecule has 1 aromatic heterocycles. The largest absolute Gasteiger partial charge is 0.315 e. The summed E-state index contributed by atoms with van der Waals surface area (Å²) in [6.45, 7) is 5.43. The number of hydrogen-bond acceptors (Lipinski definition) is 3. The topological polar surface area (TPSA) is 28.2 Å². The summed E-state index contributed by atoms with van der Waals surface area (Å²) in [5.41, 5.74) is 2.68. The van der Waals surface area contributed by atoms with Gasteiger partial charge in [-0.2, -0.15) is 0 Å². The molecule has 4 heteroatoms. The van der Waals surface area contributed by atoms with Gasteiger partial charge in [-0.05, 0) is 44.1 Å². The standard InChI is InChI=1S/C12H19N3.ClH/c1-10-3-5-13-7-11(10)9-15(2)12-4-6-14-8-12;/h3,5,7,12,14H,4,6,8-9H2,1-2H3;1H. The van der Waals surface area contributed by atoms with Crippen LogP contribution in [0.4, 0.5) is 0 Å². The fourth-order valence-corrected chi connectivity index (χ4v) is 2.08. The maximum Gasteiger partial charge on any atom is 0.0315 e. The van der Waals surface area contributed by atoms with Crippen LogP contribution >= 0.6 is 12.4 Å². The summed E-state index contributed by atoms with van der Waals surface area (Å²) in [6.07, 6.45) is 5.10. The van der Waals surface area contributed by atoms with Crippen molar-refractivity contribution in [1.29, 1.82) is 0 Å². The molecular formula is C12H20ClN3. The van der Waals surface area contributed by atoms with Gasteiger partial charge in [-0.3, -0.25) is 9.88 Å². The van der Waals surface area contributed by atoms with Crippen LogP contribution in [0.3, 0.4) is 0 Å². The van der Waals surface area contributed by atoms with E-state index in [1.54, 1.807) is 0 Å². The van der Waals surface area contributed by atoms with Gasteiger partial charge in [0.2, 0.25) is 0 Å². The third-order valence-corrected chi connectivity index (χ3v) is 3.22. The smallest absolute Gasteiger partial charge is 0.0315 e. The van der Waals surface area contributed by atoms with E-state index in [0.717, 1.165) is 19.6 Å². The van der Waals surface area contributed by atoms with Gasteiger partial charge in [-0.15, -0.1) is 12.4 Å². The van der Waals surface area contributed by atoms with Gasteiger partial charge >= 0.3 is 0 Å². The Labute approximate surface area is 104 Å². The predicted molar refractivity (Wildman–Crippen MR) is 69.0 cm³/mol. The number of nitrogens with zero attached hydrogens (tertiary/aromatic N) is 2. The Morgan fingerprint density at radius 2 is 2.38 bits per heavy atom. The van der Waals surface area contributed by atoms with Gasteiger partial charge in [0.25, 0.3) is 0 Å². The highest BCUT2D eigenvalue weighted by atomic mass is 35.5. The Morgan fingerprint density at radius 3 is 3.00 bits per heavy atom. The number of hydrogen-bond donors (Lipinski definition) is 1. The second-order valence-electron chi connectivity index (χ2n) is 4.36. The fourth-order valence-electron chi connectivity index (χ4n) is 2.08. The summed E-state index contributed by atoms with van der Waals surface area (Å²) in [5.74, 6) is 0. The van der Waals surface area contributed by atoms with Crippen LogP contribution in [0.1, 0.15) is 17.5 Å². The molecule has 16 heavy (non-hydrogen) atoms. The average Bonchev–Trinajstić information content (AvgIpc) is 2.74. The lowest BCUT2D eigenvalue weighted by atomic mass is 10.1. The van der Waals surface area contributed by atoms with Gasteiger partial charge in [0.15, 0.2) is 0 Å². The number of aryl methyl sites for hydroxylation is 1. The summed E-state index contributed by atoms with van der Waals surface area (Å²) in [7, 11) is 2.20. The van der Waals surface area contributed by atoms with Crippen molar-refractivity contribution in [2.75, 3.05) is 20.1 Å². The van der Waals surface area contributed by atoms with Gasteiger partial charge in [0, 0.05) is 31.5 Å². The van der Waals surface area contributed by atoms with Crippen LogP contribution in [0.25, 0.3) is 0 Å². The van der Waals surface area contributed by atoms with Gasteiger partial charge in [0.1, 0.15) is 0 Å². The summed E-state index contributed by atoms with van der Waals surface area (Å²) in [5, 5.41) is 3.40. The molecule has 0 radical (unpaired) electrons. The van der Waals surface area contributed by atoms with E-state index in [0.29, 0.717) is 6.04 Å². The molecule has 1 N–H and O–H groups in total. The Bertz CT molecular complexity index is 324. The molecule has 2 heterocycles. The van der Waals surface area contributed by atoms with Crippen molar-refractivity contribution < 1.29 is 0 Å². The number of pyridine rings is 1. The number of rotatable bonds is 3. The minimum absolute atomic E-state index is 0. The van der Waals surface area contributed by atoms with Crippen LogP contribution in [0.15, 0.2) is 18.5 Å². The third-order valence-electron chi connectivity index (χ3n) is 3.22. The highest BCUT2D eigenvalue weighted by molar-refractivity contribution is 5.85. The number of aromatic nitrogens is 1. The first kappa shape index (κ1) is 13.4. The molecule has 90 valence electrons. The lowest BCUT2D eigenvalue weighted by Gasteiger charge is -2.23. The van der Waals surface area contributed by atoms with Crippen molar-refractivity contribution in [3.05, 3.63) is 29.6 Å². The Balaban J connectivity index is 0.00000128. The van der Waals surface area contributed by atoms with Crippen molar-refractivity contribution in [2.24, 2.45) is 0 Å². The number of halogens is 1. The van der Waals surface area contributed by atoms with E-state index >= 15 is 0 Å². The van der Waals surface area contributed by atoms with E-state index < -0.39 is 0 Å². The first-order valence-electron chi connectivity index (χ1n) is 5.58. The van der Waals surface area contributed by atoms with E-state index in [1.807, 2.05) is 12.4 Å². The van der Waals surface area contributed by atoms with Gasteiger partial charge < -0.3 is 5.32 Å². The molecule has 0 aromatic carbocycles. The van der Waals surface area contributed by atoms with E-state index in [9.17, 15) is 0 Å². The molecule has 3 nitrogen and oxygen atoms in total. The zero-order valence-electron chi connectivity index (χ0n) is 9.94. The van der Waals surface area contributed by atoms with E-state index in [2.05, 4.69) is 35.2 Å². The lowest BCUT2D eigenvalue weighted by Crippen LogP contribution is -2.33. The molecule has 1 fully saturated rings. The second kappa shape index (κ2) is 6.18. The average molecular weight is 242 g/mol. The van der Waals surface area contributed by atoms with Gasteiger partial charge in [-0.25, -0.2) is 0 Å². The molecular weight excluding hydrogens is 222 g/mol. The van der Waals surface area contributed by atoms with Gasteiger partial charge in [0.05, 0.1) is 0 Å². The van der Waals surface area contributed by atoms with Crippen molar-refractivity contribution in [3.63, 3.8) is 0 Å². The second-order valence-corrected chi connectivity index (χ2v) is 4.36. The maximum atomic E-state index is 4.18. The molecule has 1 aliphatic rings. The highest BCUT2D eigenvalue weighted by Crippen LogP contribution is 2.12. The summed E-state index contributed by atoms with van der Waals surface area (Å²) < 4.78 is 0. The van der Waals surface area contributed by atoms with E-state index in [4.69, 9.17) is 0 Å². The van der Waals surface area contributed by atoms with Crippen molar-refractivity contribution in [2.45, 2.75) is 25.9 Å². The third kappa shape index (κ3) is 3.17. The number of nitrogens with one attached hydrogen (secondary N) is 1. The SMILES string of the molecule is Cc1ccncc1CN(C)C1CCNC1.Cl. The molecule has 0 saturated carbocycles.